The smallest absolute Gasteiger partial charge is 0.227 e. The fourth-order valence-electron chi connectivity index (χ4n) is 4.84. The molecule has 21 heavy (non-hydrogen) atoms. The molecule has 2 saturated carbocycles. The van der Waals surface area contributed by atoms with Gasteiger partial charge in [-0.3, -0.25) is 4.79 Å². The number of nitrogens with zero attached hydrogens (tertiary/aromatic N) is 1. The van der Waals surface area contributed by atoms with Gasteiger partial charge in [0.15, 0.2) is 0 Å². The fraction of sp³-hybridized carbons (Fsp3) is 0.611. The zero-order valence-corrected chi connectivity index (χ0v) is 12.6. The van der Waals surface area contributed by atoms with E-state index in [1.165, 1.54) is 31.2 Å². The van der Waals surface area contributed by atoms with Crippen LogP contribution in [0, 0.1) is 17.8 Å². The molecule has 2 fully saturated rings. The molecule has 3 nitrogen and oxygen atoms in total. The molecular formula is C18H24N2O. The molecule has 3 unspecified atom stereocenters. The van der Waals surface area contributed by atoms with Crippen molar-refractivity contribution in [2.75, 3.05) is 17.2 Å². The summed E-state index contributed by atoms with van der Waals surface area (Å²) < 4.78 is 0. The minimum absolute atomic E-state index is 0.332. The largest absolute Gasteiger partial charge is 0.399 e. The highest BCUT2D eigenvalue weighted by atomic mass is 16.2. The third kappa shape index (κ3) is 2.33. The predicted octanol–water partition coefficient (Wildman–Crippen LogP) is 3.37. The van der Waals surface area contributed by atoms with Crippen molar-refractivity contribution in [1.82, 2.24) is 0 Å². The summed E-state index contributed by atoms with van der Waals surface area (Å²) in [6.45, 7) is 0.872. The summed E-state index contributed by atoms with van der Waals surface area (Å²) in [6.07, 6.45) is 8.28. The molecule has 1 aliphatic heterocycles. The first-order valence-corrected chi connectivity index (χ1v) is 8.39. The van der Waals surface area contributed by atoms with Crippen molar-refractivity contribution in [3.05, 3.63) is 23.8 Å². The minimum Gasteiger partial charge on any atom is -0.399 e. The van der Waals surface area contributed by atoms with Crippen LogP contribution in [0.15, 0.2) is 18.2 Å². The lowest BCUT2D eigenvalue weighted by Gasteiger charge is -2.31. The summed E-state index contributed by atoms with van der Waals surface area (Å²) in [6, 6.07) is 5.98. The number of anilines is 2. The second-order valence-corrected chi connectivity index (χ2v) is 7.18. The van der Waals surface area contributed by atoms with Crippen molar-refractivity contribution in [3.8, 4) is 0 Å². The third-order valence-electron chi connectivity index (χ3n) is 5.84. The van der Waals surface area contributed by atoms with Gasteiger partial charge in [-0.25, -0.2) is 0 Å². The Morgan fingerprint density at radius 2 is 2.19 bits per heavy atom. The molecule has 3 aliphatic rings. The number of rotatable bonds is 2. The number of carbonyl (C=O) groups excluding carboxylic acids is 1. The van der Waals surface area contributed by atoms with Gasteiger partial charge in [-0.2, -0.15) is 0 Å². The highest BCUT2D eigenvalue weighted by Crippen LogP contribution is 2.49. The quantitative estimate of drug-likeness (QED) is 0.846. The van der Waals surface area contributed by atoms with Gasteiger partial charge in [0.1, 0.15) is 0 Å². The van der Waals surface area contributed by atoms with Crippen molar-refractivity contribution < 1.29 is 4.79 Å². The number of fused-ring (bicyclic) bond motifs is 3. The number of carbonyl (C=O) groups is 1. The van der Waals surface area contributed by atoms with E-state index in [-0.39, 0.29) is 0 Å². The van der Waals surface area contributed by atoms with Crippen molar-refractivity contribution in [2.45, 2.75) is 44.9 Å². The molecule has 0 aromatic heterocycles. The maximum Gasteiger partial charge on any atom is 0.227 e. The molecule has 2 N–H and O–H groups in total. The van der Waals surface area contributed by atoms with Gasteiger partial charge in [0.25, 0.3) is 0 Å². The number of benzene rings is 1. The maximum atomic E-state index is 12.8. The number of aryl methyl sites for hydroxylation is 1. The molecule has 1 aromatic carbocycles. The molecule has 4 rings (SSSR count). The highest BCUT2D eigenvalue weighted by Gasteiger charge is 2.40. The summed E-state index contributed by atoms with van der Waals surface area (Å²) in [5.41, 5.74) is 9.01. The Morgan fingerprint density at radius 1 is 1.29 bits per heavy atom. The van der Waals surface area contributed by atoms with E-state index < -0.39 is 0 Å². The van der Waals surface area contributed by atoms with E-state index in [0.29, 0.717) is 11.8 Å². The van der Waals surface area contributed by atoms with E-state index >= 15 is 0 Å². The molecule has 2 aliphatic carbocycles. The van der Waals surface area contributed by atoms with Crippen LogP contribution in [0.2, 0.25) is 0 Å². The zero-order chi connectivity index (χ0) is 14.4. The first-order chi connectivity index (χ1) is 10.2. The van der Waals surface area contributed by atoms with Crippen LogP contribution in [0.4, 0.5) is 11.4 Å². The molecule has 1 heterocycles. The van der Waals surface area contributed by atoms with Crippen LogP contribution in [0.3, 0.4) is 0 Å². The second-order valence-electron chi connectivity index (χ2n) is 7.18. The Bertz CT molecular complexity index is 568. The van der Waals surface area contributed by atoms with Gasteiger partial charge in [-0.05, 0) is 73.6 Å². The van der Waals surface area contributed by atoms with Crippen LogP contribution in [-0.2, 0) is 11.2 Å². The van der Waals surface area contributed by atoms with E-state index in [1.807, 2.05) is 23.1 Å². The number of nitrogens with two attached hydrogens (primary N) is 1. The Hall–Kier alpha value is -1.51. The maximum absolute atomic E-state index is 12.8. The van der Waals surface area contributed by atoms with Crippen molar-refractivity contribution in [1.29, 1.82) is 0 Å². The Morgan fingerprint density at radius 3 is 2.95 bits per heavy atom. The normalized spacial score (nSPS) is 30.5. The average Bonchev–Trinajstić information content (AvgIpc) is 3.08. The summed E-state index contributed by atoms with van der Waals surface area (Å²) in [4.78, 5) is 14.8. The molecule has 0 saturated heterocycles. The molecule has 1 aromatic rings. The molecule has 0 radical (unpaired) electrons. The minimum atomic E-state index is 0.332. The third-order valence-corrected chi connectivity index (χ3v) is 5.84. The summed E-state index contributed by atoms with van der Waals surface area (Å²) in [5, 5.41) is 0. The number of hydrogen-bond acceptors (Lipinski definition) is 2. The lowest BCUT2D eigenvalue weighted by atomic mass is 9.86. The monoisotopic (exact) mass is 284 g/mol. The first kappa shape index (κ1) is 13.2. The van der Waals surface area contributed by atoms with Crippen LogP contribution in [-0.4, -0.2) is 12.5 Å². The van der Waals surface area contributed by atoms with Crippen LogP contribution in [0.5, 0.6) is 0 Å². The molecule has 3 atom stereocenters. The SMILES string of the molecule is Nc1ccc2c(c1)CCCN2C(=O)CC1CC2CCC1C2. The van der Waals surface area contributed by atoms with E-state index in [2.05, 4.69) is 0 Å². The Balaban J connectivity index is 1.50. The van der Waals surface area contributed by atoms with Gasteiger partial charge >= 0.3 is 0 Å². The van der Waals surface area contributed by atoms with Crippen LogP contribution >= 0.6 is 0 Å². The Labute approximate surface area is 126 Å². The zero-order valence-electron chi connectivity index (χ0n) is 12.6. The standard InChI is InChI=1S/C18H24N2O/c19-16-5-6-17-14(10-16)2-1-7-20(17)18(21)11-15-9-12-3-4-13(15)8-12/h5-6,10,12-13,15H,1-4,7-9,11,19H2. The van der Waals surface area contributed by atoms with Gasteiger partial charge in [0, 0.05) is 24.3 Å². The summed E-state index contributed by atoms with van der Waals surface area (Å²) in [5.74, 6) is 2.73. The van der Waals surface area contributed by atoms with Crippen molar-refractivity contribution in [3.63, 3.8) is 0 Å². The highest BCUT2D eigenvalue weighted by molar-refractivity contribution is 5.95. The average molecular weight is 284 g/mol. The Kier molecular flexibility index (Phi) is 3.16. The lowest BCUT2D eigenvalue weighted by molar-refractivity contribution is -0.120. The predicted molar refractivity (Wildman–Crippen MR) is 85.1 cm³/mol. The lowest BCUT2D eigenvalue weighted by Crippen LogP contribution is -2.37. The number of hydrogen-bond donors (Lipinski definition) is 1. The van der Waals surface area contributed by atoms with Gasteiger partial charge < -0.3 is 10.6 Å². The van der Waals surface area contributed by atoms with Crippen LogP contribution in [0.1, 0.15) is 44.1 Å². The number of amides is 1. The molecular weight excluding hydrogens is 260 g/mol. The number of nitrogen functional groups attached to an aromatic ring is 1. The molecule has 3 heteroatoms. The molecule has 1 amide bonds. The van der Waals surface area contributed by atoms with E-state index in [9.17, 15) is 4.79 Å². The molecule has 2 bridgehead atoms. The summed E-state index contributed by atoms with van der Waals surface area (Å²) in [7, 11) is 0. The van der Waals surface area contributed by atoms with Crippen molar-refractivity contribution in [2.24, 2.45) is 17.8 Å². The second kappa shape index (κ2) is 5.04. The topological polar surface area (TPSA) is 46.3 Å². The fourth-order valence-corrected chi connectivity index (χ4v) is 4.84. The van der Waals surface area contributed by atoms with Gasteiger partial charge in [-0.1, -0.05) is 6.42 Å². The van der Waals surface area contributed by atoms with Crippen molar-refractivity contribution >= 4 is 17.3 Å². The van der Waals surface area contributed by atoms with Crippen LogP contribution in [0.25, 0.3) is 0 Å². The summed E-state index contributed by atoms with van der Waals surface area (Å²) >= 11 is 0. The molecule has 112 valence electrons. The van der Waals surface area contributed by atoms with Crippen LogP contribution < -0.4 is 10.6 Å². The van der Waals surface area contributed by atoms with E-state index in [0.717, 1.165) is 49.0 Å². The molecule has 0 spiro atoms. The van der Waals surface area contributed by atoms with E-state index in [4.69, 9.17) is 5.73 Å². The van der Waals surface area contributed by atoms with Gasteiger partial charge in [-0.15, -0.1) is 0 Å². The van der Waals surface area contributed by atoms with Gasteiger partial charge in [0.05, 0.1) is 0 Å². The first-order valence-electron chi connectivity index (χ1n) is 8.39. The van der Waals surface area contributed by atoms with Gasteiger partial charge in [0.2, 0.25) is 5.91 Å². The van der Waals surface area contributed by atoms with E-state index in [1.54, 1.807) is 0 Å².